The summed E-state index contributed by atoms with van der Waals surface area (Å²) >= 11 is 0. The number of nitrogens with one attached hydrogen (secondary N) is 1. The van der Waals surface area contributed by atoms with Crippen LogP contribution in [0, 0.1) is 5.92 Å². The quantitative estimate of drug-likeness (QED) is 0.735. The van der Waals surface area contributed by atoms with E-state index in [1.54, 1.807) is 12.4 Å². The molecule has 0 aliphatic carbocycles. The van der Waals surface area contributed by atoms with Gasteiger partial charge in [0, 0.05) is 24.6 Å². The highest BCUT2D eigenvalue weighted by atomic mass is 16.2. The van der Waals surface area contributed by atoms with Crippen LogP contribution in [0.1, 0.15) is 62.5 Å². The lowest BCUT2D eigenvalue weighted by Gasteiger charge is -2.23. The molecular weight excluding hydrogens is 328 g/mol. The van der Waals surface area contributed by atoms with Gasteiger partial charge in [-0.05, 0) is 38.3 Å². The predicted octanol–water partition coefficient (Wildman–Crippen LogP) is 3.32. The predicted molar refractivity (Wildman–Crippen MR) is 99.6 cm³/mol. The van der Waals surface area contributed by atoms with Gasteiger partial charge in [-0.25, -0.2) is 15.0 Å². The largest absolute Gasteiger partial charge is 0.341 e. The minimum Gasteiger partial charge on any atom is -0.341 e. The molecule has 1 atom stereocenters. The Kier molecular flexibility index (Phi) is 5.25. The van der Waals surface area contributed by atoms with Crippen LogP contribution >= 0.6 is 0 Å². The second-order valence-electron chi connectivity index (χ2n) is 7.03. The van der Waals surface area contributed by atoms with Crippen molar-refractivity contribution in [2.45, 2.75) is 46.2 Å². The van der Waals surface area contributed by atoms with Crippen molar-refractivity contribution < 1.29 is 4.79 Å². The van der Waals surface area contributed by atoms with E-state index in [4.69, 9.17) is 4.98 Å². The van der Waals surface area contributed by atoms with Crippen molar-refractivity contribution >= 4 is 17.1 Å². The van der Waals surface area contributed by atoms with Crippen molar-refractivity contribution in [3.8, 4) is 0 Å². The molecular formula is C19H24N6O. The van der Waals surface area contributed by atoms with E-state index in [0.717, 1.165) is 23.4 Å². The Hall–Kier alpha value is -2.83. The van der Waals surface area contributed by atoms with Gasteiger partial charge in [0.15, 0.2) is 5.65 Å². The van der Waals surface area contributed by atoms with Gasteiger partial charge in [0.1, 0.15) is 17.0 Å². The van der Waals surface area contributed by atoms with Crippen LogP contribution in [-0.2, 0) is 0 Å². The fourth-order valence-corrected chi connectivity index (χ4v) is 3.05. The second kappa shape index (κ2) is 7.59. The smallest absolute Gasteiger partial charge is 0.272 e. The van der Waals surface area contributed by atoms with E-state index in [1.165, 1.54) is 12.4 Å². The summed E-state index contributed by atoms with van der Waals surface area (Å²) < 4.78 is 2.10. The van der Waals surface area contributed by atoms with E-state index in [0.29, 0.717) is 11.6 Å². The van der Waals surface area contributed by atoms with Crippen LogP contribution in [0.2, 0.25) is 0 Å². The van der Waals surface area contributed by atoms with E-state index in [1.807, 2.05) is 12.1 Å². The summed E-state index contributed by atoms with van der Waals surface area (Å²) in [6.45, 7) is 8.44. The number of amides is 1. The first-order valence-corrected chi connectivity index (χ1v) is 8.87. The second-order valence-corrected chi connectivity index (χ2v) is 7.03. The van der Waals surface area contributed by atoms with Crippen molar-refractivity contribution in [2.75, 3.05) is 0 Å². The van der Waals surface area contributed by atoms with Crippen LogP contribution in [-0.4, -0.2) is 30.4 Å². The molecule has 0 saturated heterocycles. The summed E-state index contributed by atoms with van der Waals surface area (Å²) in [7, 11) is 0. The zero-order valence-electron chi connectivity index (χ0n) is 15.5. The van der Waals surface area contributed by atoms with E-state index < -0.39 is 0 Å². The summed E-state index contributed by atoms with van der Waals surface area (Å²) in [5.41, 5.74) is 1.96. The average molecular weight is 352 g/mol. The Balaban J connectivity index is 2.01. The number of fused-ring (bicyclic) bond motifs is 1. The lowest BCUT2D eigenvalue weighted by Crippen LogP contribution is -2.32. The Labute approximate surface area is 152 Å². The maximum absolute atomic E-state index is 12.6. The first-order chi connectivity index (χ1) is 12.5. The SMILES string of the molecule is CC(C)C[C@@H](NC(=O)c1cnccn1)c1nc2cccnc2n1C(C)C. The zero-order chi connectivity index (χ0) is 18.7. The highest BCUT2D eigenvalue weighted by Crippen LogP contribution is 2.27. The number of hydrogen-bond acceptors (Lipinski definition) is 5. The third-order valence-electron chi connectivity index (χ3n) is 4.11. The fraction of sp³-hybridized carbons (Fsp3) is 0.421. The lowest BCUT2D eigenvalue weighted by atomic mass is 10.0. The van der Waals surface area contributed by atoms with Gasteiger partial charge in [-0.15, -0.1) is 0 Å². The standard InChI is InChI=1S/C19H24N6O/c1-12(2)10-15(24-19(26)16-11-20-8-9-21-16)18-23-14-6-5-7-22-17(14)25(18)13(3)4/h5-9,11-13,15H,10H2,1-4H3,(H,24,26)/t15-/m1/s1. The summed E-state index contributed by atoms with van der Waals surface area (Å²) in [4.78, 5) is 30.0. The number of carbonyl (C=O) groups is 1. The van der Waals surface area contributed by atoms with Gasteiger partial charge < -0.3 is 9.88 Å². The summed E-state index contributed by atoms with van der Waals surface area (Å²) in [6, 6.07) is 3.76. The highest BCUT2D eigenvalue weighted by Gasteiger charge is 2.25. The summed E-state index contributed by atoms with van der Waals surface area (Å²) in [5.74, 6) is 0.953. The maximum atomic E-state index is 12.6. The van der Waals surface area contributed by atoms with Gasteiger partial charge in [-0.2, -0.15) is 0 Å². The summed E-state index contributed by atoms with van der Waals surface area (Å²) in [6.07, 6.45) is 7.06. The molecule has 136 valence electrons. The van der Waals surface area contributed by atoms with Gasteiger partial charge >= 0.3 is 0 Å². The Morgan fingerprint density at radius 3 is 2.62 bits per heavy atom. The summed E-state index contributed by atoms with van der Waals surface area (Å²) in [5, 5.41) is 3.08. The molecule has 0 spiro atoms. The number of pyridine rings is 1. The van der Waals surface area contributed by atoms with Crippen molar-refractivity contribution in [3.05, 3.63) is 48.4 Å². The molecule has 0 unspecified atom stereocenters. The molecule has 0 fully saturated rings. The molecule has 0 bridgehead atoms. The molecule has 0 aliphatic rings. The number of carbonyl (C=O) groups excluding carboxylic acids is 1. The molecule has 0 radical (unpaired) electrons. The first kappa shape index (κ1) is 18.0. The first-order valence-electron chi connectivity index (χ1n) is 8.87. The molecule has 3 rings (SSSR count). The Bertz CT molecular complexity index is 887. The van der Waals surface area contributed by atoms with Crippen molar-refractivity contribution in [2.24, 2.45) is 5.92 Å². The normalized spacial score (nSPS) is 12.7. The molecule has 0 aromatic carbocycles. The molecule has 3 aromatic rings. The van der Waals surface area contributed by atoms with Crippen LogP contribution in [0.3, 0.4) is 0 Å². The zero-order valence-corrected chi connectivity index (χ0v) is 15.5. The van der Waals surface area contributed by atoms with Crippen molar-refractivity contribution in [3.63, 3.8) is 0 Å². The average Bonchev–Trinajstić information content (AvgIpc) is 3.01. The highest BCUT2D eigenvalue weighted by molar-refractivity contribution is 5.92. The maximum Gasteiger partial charge on any atom is 0.272 e. The van der Waals surface area contributed by atoms with Gasteiger partial charge in [-0.1, -0.05) is 13.8 Å². The Morgan fingerprint density at radius 2 is 1.96 bits per heavy atom. The van der Waals surface area contributed by atoms with Gasteiger partial charge in [0.2, 0.25) is 0 Å². The number of hydrogen-bond donors (Lipinski definition) is 1. The number of nitrogens with zero attached hydrogens (tertiary/aromatic N) is 5. The van der Waals surface area contributed by atoms with E-state index in [9.17, 15) is 4.79 Å². The van der Waals surface area contributed by atoms with Crippen LogP contribution in [0.5, 0.6) is 0 Å². The Morgan fingerprint density at radius 1 is 1.15 bits per heavy atom. The topological polar surface area (TPSA) is 85.6 Å². The van der Waals surface area contributed by atoms with E-state index in [-0.39, 0.29) is 18.0 Å². The number of aromatic nitrogens is 5. The molecule has 26 heavy (non-hydrogen) atoms. The molecule has 1 amide bonds. The van der Waals surface area contributed by atoms with E-state index in [2.05, 4.69) is 52.5 Å². The van der Waals surface area contributed by atoms with Crippen molar-refractivity contribution in [1.82, 2.24) is 29.8 Å². The number of imidazole rings is 1. The third-order valence-corrected chi connectivity index (χ3v) is 4.11. The molecule has 7 heteroatoms. The minimum absolute atomic E-state index is 0.174. The van der Waals surface area contributed by atoms with Crippen molar-refractivity contribution in [1.29, 1.82) is 0 Å². The van der Waals surface area contributed by atoms with Gasteiger partial charge in [-0.3, -0.25) is 9.78 Å². The van der Waals surface area contributed by atoms with E-state index >= 15 is 0 Å². The molecule has 3 aromatic heterocycles. The van der Waals surface area contributed by atoms with Crippen LogP contribution in [0.15, 0.2) is 36.9 Å². The molecule has 1 N–H and O–H groups in total. The molecule has 7 nitrogen and oxygen atoms in total. The molecule has 0 saturated carbocycles. The van der Waals surface area contributed by atoms with Crippen LogP contribution in [0.4, 0.5) is 0 Å². The molecule has 0 aliphatic heterocycles. The number of rotatable bonds is 6. The fourth-order valence-electron chi connectivity index (χ4n) is 3.05. The van der Waals surface area contributed by atoms with Crippen LogP contribution < -0.4 is 5.32 Å². The minimum atomic E-state index is -0.251. The van der Waals surface area contributed by atoms with Crippen LogP contribution in [0.25, 0.3) is 11.2 Å². The lowest BCUT2D eigenvalue weighted by molar-refractivity contribution is 0.0923. The van der Waals surface area contributed by atoms with Gasteiger partial charge in [0.05, 0.1) is 12.2 Å². The monoisotopic (exact) mass is 352 g/mol. The molecule has 3 heterocycles. The third kappa shape index (κ3) is 3.71. The van der Waals surface area contributed by atoms with Gasteiger partial charge in [0.25, 0.3) is 5.91 Å².